The number of carbonyl (C=O) groups is 1. The van der Waals surface area contributed by atoms with Crippen LogP contribution in [0.3, 0.4) is 0 Å². The first-order valence-electron chi connectivity index (χ1n) is 12.6. The van der Waals surface area contributed by atoms with Gasteiger partial charge in [0, 0.05) is 38.0 Å². The minimum atomic E-state index is 0.0261. The zero-order valence-corrected chi connectivity index (χ0v) is 21.8. The largest absolute Gasteiger partial charge is 0.395 e. The van der Waals surface area contributed by atoms with E-state index in [1.165, 1.54) is 22.2 Å². The number of hydrogen-bond donors (Lipinski definition) is 1. The van der Waals surface area contributed by atoms with Crippen LogP contribution < -0.4 is 10.7 Å². The van der Waals surface area contributed by atoms with E-state index in [2.05, 4.69) is 83.5 Å². The zero-order chi connectivity index (χ0) is 25.5. The van der Waals surface area contributed by atoms with Gasteiger partial charge >= 0.3 is 0 Å². The SMILES string of the molecule is Cc1ccc2/c(=N/OCCC(=O)N(C)C)c3ccccc3n(CCCNCc3ccccc3)c2c1C. The van der Waals surface area contributed by atoms with E-state index in [1.54, 1.807) is 19.0 Å². The molecule has 0 aliphatic carbocycles. The fourth-order valence-corrected chi connectivity index (χ4v) is 4.50. The third-order valence-corrected chi connectivity index (χ3v) is 6.65. The van der Waals surface area contributed by atoms with Crippen LogP contribution >= 0.6 is 0 Å². The number of aromatic nitrogens is 1. The Morgan fingerprint density at radius 2 is 1.72 bits per heavy atom. The summed E-state index contributed by atoms with van der Waals surface area (Å²) < 4.78 is 2.42. The molecule has 188 valence electrons. The van der Waals surface area contributed by atoms with Gasteiger partial charge in [-0.1, -0.05) is 65.8 Å². The molecule has 0 fully saturated rings. The second-order valence-corrected chi connectivity index (χ2v) is 9.40. The van der Waals surface area contributed by atoms with Crippen molar-refractivity contribution < 1.29 is 9.63 Å². The van der Waals surface area contributed by atoms with Gasteiger partial charge in [0.15, 0.2) is 0 Å². The lowest BCUT2D eigenvalue weighted by Gasteiger charge is -2.19. The number of para-hydroxylation sites is 1. The summed E-state index contributed by atoms with van der Waals surface area (Å²) in [6.07, 6.45) is 1.30. The smallest absolute Gasteiger partial charge is 0.225 e. The molecular weight excluding hydrogens is 448 g/mol. The summed E-state index contributed by atoms with van der Waals surface area (Å²) in [5.74, 6) is 0.0261. The maximum Gasteiger partial charge on any atom is 0.225 e. The Morgan fingerprint density at radius 1 is 0.972 bits per heavy atom. The van der Waals surface area contributed by atoms with Crippen molar-refractivity contribution in [3.8, 4) is 0 Å². The number of fused-ring (bicyclic) bond motifs is 2. The number of aryl methyl sites for hydroxylation is 3. The first-order valence-corrected chi connectivity index (χ1v) is 12.6. The van der Waals surface area contributed by atoms with Crippen LogP contribution in [0.4, 0.5) is 0 Å². The highest BCUT2D eigenvalue weighted by Gasteiger charge is 2.13. The number of nitrogens with one attached hydrogen (secondary N) is 1. The number of benzene rings is 3. The molecule has 0 atom stereocenters. The second kappa shape index (κ2) is 11.9. The Morgan fingerprint density at radius 3 is 2.50 bits per heavy atom. The molecule has 3 aromatic carbocycles. The van der Waals surface area contributed by atoms with Crippen molar-refractivity contribution in [1.82, 2.24) is 14.8 Å². The van der Waals surface area contributed by atoms with E-state index in [0.29, 0.717) is 6.42 Å². The summed E-state index contributed by atoms with van der Waals surface area (Å²) in [5.41, 5.74) is 6.11. The molecule has 6 nitrogen and oxygen atoms in total. The summed E-state index contributed by atoms with van der Waals surface area (Å²) in [7, 11) is 3.50. The van der Waals surface area contributed by atoms with E-state index in [1.807, 2.05) is 12.1 Å². The Bertz CT molecular complexity index is 1410. The standard InChI is InChI=1S/C30H36N4O2/c1-22-15-16-26-29(32-36-20-17-28(35)33(3)4)25-13-8-9-14-27(25)34(30(26)23(22)2)19-10-18-31-21-24-11-6-5-7-12-24/h5-9,11-16,31H,10,17-21H2,1-4H3/b32-29+. The van der Waals surface area contributed by atoms with Crippen molar-refractivity contribution in [3.05, 3.63) is 88.8 Å². The van der Waals surface area contributed by atoms with Crippen molar-refractivity contribution >= 4 is 27.7 Å². The van der Waals surface area contributed by atoms with Crippen molar-refractivity contribution in [2.24, 2.45) is 5.16 Å². The number of amides is 1. The lowest BCUT2D eigenvalue weighted by Crippen LogP contribution is -2.22. The normalized spacial score (nSPS) is 11.8. The Kier molecular flexibility index (Phi) is 8.39. The predicted octanol–water partition coefficient (Wildman–Crippen LogP) is 4.90. The maximum absolute atomic E-state index is 11.9. The minimum absolute atomic E-state index is 0.0261. The zero-order valence-electron chi connectivity index (χ0n) is 21.8. The van der Waals surface area contributed by atoms with Crippen molar-refractivity contribution in [2.45, 2.75) is 39.8 Å². The number of hydrogen-bond acceptors (Lipinski definition) is 4. The molecule has 0 saturated heterocycles. The summed E-state index contributed by atoms with van der Waals surface area (Å²) in [4.78, 5) is 19.2. The summed E-state index contributed by atoms with van der Waals surface area (Å²) in [5, 5.41) is 11.1. The van der Waals surface area contributed by atoms with E-state index < -0.39 is 0 Å². The van der Waals surface area contributed by atoms with Crippen molar-refractivity contribution in [1.29, 1.82) is 0 Å². The number of carbonyl (C=O) groups excluding carboxylic acids is 1. The molecule has 4 aromatic rings. The van der Waals surface area contributed by atoms with Gasteiger partial charge in [-0.2, -0.15) is 0 Å². The summed E-state index contributed by atoms with van der Waals surface area (Å²) in [6, 6.07) is 23.1. The summed E-state index contributed by atoms with van der Waals surface area (Å²) in [6.45, 7) is 7.27. The molecule has 0 spiro atoms. The maximum atomic E-state index is 11.9. The van der Waals surface area contributed by atoms with Gasteiger partial charge in [0.25, 0.3) is 0 Å². The minimum Gasteiger partial charge on any atom is -0.395 e. The molecule has 4 rings (SSSR count). The molecule has 0 saturated carbocycles. The molecule has 1 amide bonds. The lowest BCUT2D eigenvalue weighted by molar-refractivity contribution is -0.129. The van der Waals surface area contributed by atoms with Crippen LogP contribution in [-0.2, 0) is 22.7 Å². The van der Waals surface area contributed by atoms with Crippen LogP contribution in [-0.4, -0.2) is 42.6 Å². The first-order chi connectivity index (χ1) is 17.5. The molecule has 0 aliphatic heterocycles. The third-order valence-electron chi connectivity index (χ3n) is 6.65. The highest BCUT2D eigenvalue weighted by molar-refractivity contribution is 5.95. The van der Waals surface area contributed by atoms with Gasteiger partial charge < -0.3 is 19.6 Å². The Labute approximate surface area is 213 Å². The molecule has 1 heterocycles. The molecule has 0 aliphatic rings. The number of pyridine rings is 1. The van der Waals surface area contributed by atoms with Crippen molar-refractivity contribution in [3.63, 3.8) is 0 Å². The number of nitrogens with zero attached hydrogens (tertiary/aromatic N) is 3. The second-order valence-electron chi connectivity index (χ2n) is 9.40. The predicted molar refractivity (Wildman–Crippen MR) is 147 cm³/mol. The molecule has 36 heavy (non-hydrogen) atoms. The van der Waals surface area contributed by atoms with Crippen molar-refractivity contribution in [2.75, 3.05) is 27.2 Å². The molecule has 0 radical (unpaired) electrons. The van der Waals surface area contributed by atoms with E-state index in [0.717, 1.165) is 47.7 Å². The quantitative estimate of drug-likeness (QED) is 0.198. The molecule has 1 aromatic heterocycles. The number of rotatable bonds is 10. The van der Waals surface area contributed by atoms with Gasteiger partial charge in [0.1, 0.15) is 12.0 Å². The van der Waals surface area contributed by atoms with E-state index in [-0.39, 0.29) is 12.5 Å². The van der Waals surface area contributed by atoms with Crippen LogP contribution in [0.1, 0.15) is 29.5 Å². The lowest BCUT2D eigenvalue weighted by atomic mass is 10.0. The van der Waals surface area contributed by atoms with Crippen LogP contribution in [0.15, 0.2) is 71.9 Å². The van der Waals surface area contributed by atoms with E-state index in [9.17, 15) is 4.79 Å². The molecular formula is C30H36N4O2. The van der Waals surface area contributed by atoms with Gasteiger partial charge in [-0.25, -0.2) is 0 Å². The van der Waals surface area contributed by atoms with Gasteiger partial charge in [-0.05, 0) is 49.6 Å². The average molecular weight is 485 g/mol. The summed E-state index contributed by atoms with van der Waals surface area (Å²) >= 11 is 0. The first kappa shape index (κ1) is 25.5. The van der Waals surface area contributed by atoms with Gasteiger partial charge in [0.05, 0.1) is 17.5 Å². The van der Waals surface area contributed by atoms with Gasteiger partial charge in [0.2, 0.25) is 5.91 Å². The Hall–Kier alpha value is -3.64. The Balaban J connectivity index is 1.65. The molecule has 6 heteroatoms. The highest BCUT2D eigenvalue weighted by atomic mass is 16.6. The van der Waals surface area contributed by atoms with Crippen LogP contribution in [0.5, 0.6) is 0 Å². The fraction of sp³-hybridized carbons (Fsp3) is 0.333. The molecule has 0 unspecified atom stereocenters. The molecule has 1 N–H and O–H groups in total. The van der Waals surface area contributed by atoms with Gasteiger partial charge in [-0.3, -0.25) is 4.79 Å². The third kappa shape index (κ3) is 5.77. The van der Waals surface area contributed by atoms with Crippen LogP contribution in [0.25, 0.3) is 21.8 Å². The fourth-order valence-electron chi connectivity index (χ4n) is 4.50. The van der Waals surface area contributed by atoms with Crippen LogP contribution in [0, 0.1) is 13.8 Å². The highest BCUT2D eigenvalue weighted by Crippen LogP contribution is 2.25. The van der Waals surface area contributed by atoms with E-state index in [4.69, 9.17) is 4.84 Å². The van der Waals surface area contributed by atoms with Gasteiger partial charge in [-0.15, -0.1) is 0 Å². The monoisotopic (exact) mass is 484 g/mol. The molecule has 0 bridgehead atoms. The average Bonchev–Trinajstić information content (AvgIpc) is 2.89. The van der Waals surface area contributed by atoms with Crippen LogP contribution in [0.2, 0.25) is 0 Å². The topological polar surface area (TPSA) is 58.9 Å². The van der Waals surface area contributed by atoms with E-state index >= 15 is 0 Å².